The maximum Gasteiger partial charge on any atom is 0.338 e. The highest BCUT2D eigenvalue weighted by molar-refractivity contribution is 6.01. The van der Waals surface area contributed by atoms with Gasteiger partial charge in [0.25, 0.3) is 0 Å². The summed E-state index contributed by atoms with van der Waals surface area (Å²) < 4.78 is 9.41. The lowest BCUT2D eigenvalue weighted by molar-refractivity contribution is -0.145. The molecule has 1 saturated heterocycles. The molecule has 0 bridgehead atoms. The number of ether oxygens (including phenoxy) is 2. The minimum atomic E-state index is -0.469. The first kappa shape index (κ1) is 15.0. The van der Waals surface area contributed by atoms with Crippen molar-refractivity contribution >= 4 is 23.5 Å². The number of methoxy groups -OCH3 is 2. The van der Waals surface area contributed by atoms with Crippen molar-refractivity contribution in [2.24, 2.45) is 5.92 Å². The van der Waals surface area contributed by atoms with E-state index in [9.17, 15) is 14.4 Å². The Hall–Kier alpha value is -2.37. The van der Waals surface area contributed by atoms with E-state index in [1.165, 1.54) is 19.1 Å². The average Bonchev–Trinajstić information content (AvgIpc) is 2.87. The topological polar surface area (TPSA) is 72.9 Å². The van der Waals surface area contributed by atoms with Crippen LogP contribution in [0.4, 0.5) is 5.69 Å². The standard InChI is InChI=1S/C15H17NO5/c1-9-11(15(19)21-3)5-4-6-12(9)16-8-10(7-13(16)17)14(18)20-2/h4-6,10H,7-8H2,1-3H3/t10-/m1/s1. The molecule has 1 aliphatic rings. The summed E-state index contributed by atoms with van der Waals surface area (Å²) in [6, 6.07) is 5.08. The van der Waals surface area contributed by atoms with E-state index in [-0.39, 0.29) is 18.9 Å². The smallest absolute Gasteiger partial charge is 0.338 e. The third-order valence-electron chi connectivity index (χ3n) is 3.66. The highest BCUT2D eigenvalue weighted by atomic mass is 16.5. The summed E-state index contributed by atoms with van der Waals surface area (Å²) in [5.74, 6) is -1.47. The van der Waals surface area contributed by atoms with E-state index in [4.69, 9.17) is 4.74 Å². The van der Waals surface area contributed by atoms with Gasteiger partial charge in [0, 0.05) is 18.7 Å². The highest BCUT2D eigenvalue weighted by Crippen LogP contribution is 2.30. The fraction of sp³-hybridized carbons (Fsp3) is 0.400. The largest absolute Gasteiger partial charge is 0.469 e. The molecule has 1 aliphatic heterocycles. The molecule has 6 heteroatoms. The summed E-state index contributed by atoms with van der Waals surface area (Å²) in [5, 5.41) is 0. The van der Waals surface area contributed by atoms with Crippen LogP contribution in [0.15, 0.2) is 18.2 Å². The number of amides is 1. The van der Waals surface area contributed by atoms with Gasteiger partial charge in [-0.1, -0.05) is 6.07 Å². The van der Waals surface area contributed by atoms with E-state index in [0.717, 1.165) is 0 Å². The number of hydrogen-bond donors (Lipinski definition) is 0. The highest BCUT2D eigenvalue weighted by Gasteiger charge is 2.36. The lowest BCUT2D eigenvalue weighted by Gasteiger charge is -2.20. The van der Waals surface area contributed by atoms with Crippen LogP contribution >= 0.6 is 0 Å². The molecule has 0 aromatic heterocycles. The van der Waals surface area contributed by atoms with Gasteiger partial charge in [0.05, 0.1) is 25.7 Å². The normalized spacial score (nSPS) is 17.8. The fourth-order valence-electron chi connectivity index (χ4n) is 2.51. The Morgan fingerprint density at radius 2 is 1.95 bits per heavy atom. The summed E-state index contributed by atoms with van der Waals surface area (Å²) >= 11 is 0. The molecule has 1 amide bonds. The molecule has 0 saturated carbocycles. The van der Waals surface area contributed by atoms with Crippen LogP contribution in [0.5, 0.6) is 0 Å². The molecule has 2 rings (SSSR count). The fourth-order valence-corrected chi connectivity index (χ4v) is 2.51. The quantitative estimate of drug-likeness (QED) is 0.785. The summed E-state index contributed by atoms with van der Waals surface area (Å²) in [7, 11) is 2.61. The molecule has 1 fully saturated rings. The number of rotatable bonds is 3. The van der Waals surface area contributed by atoms with Crippen LogP contribution in [-0.2, 0) is 19.1 Å². The molecule has 0 spiro atoms. The number of carbonyl (C=O) groups excluding carboxylic acids is 3. The maximum absolute atomic E-state index is 12.1. The van der Waals surface area contributed by atoms with Crippen molar-refractivity contribution in [1.82, 2.24) is 0 Å². The Kier molecular flexibility index (Phi) is 4.26. The number of anilines is 1. The van der Waals surface area contributed by atoms with E-state index in [2.05, 4.69) is 4.74 Å². The molecule has 0 radical (unpaired) electrons. The average molecular weight is 291 g/mol. The van der Waals surface area contributed by atoms with Crippen molar-refractivity contribution in [3.05, 3.63) is 29.3 Å². The predicted molar refractivity (Wildman–Crippen MR) is 75.0 cm³/mol. The van der Waals surface area contributed by atoms with Crippen LogP contribution in [0.3, 0.4) is 0 Å². The van der Waals surface area contributed by atoms with Gasteiger partial charge in [-0.3, -0.25) is 9.59 Å². The molecular weight excluding hydrogens is 274 g/mol. The van der Waals surface area contributed by atoms with Gasteiger partial charge in [0.2, 0.25) is 5.91 Å². The van der Waals surface area contributed by atoms with Crippen molar-refractivity contribution in [1.29, 1.82) is 0 Å². The Labute approximate surface area is 122 Å². The lowest BCUT2D eigenvalue weighted by Crippen LogP contribution is -2.27. The summed E-state index contributed by atoms with van der Waals surface area (Å²) in [6.07, 6.45) is 0.120. The summed E-state index contributed by atoms with van der Waals surface area (Å²) in [4.78, 5) is 36.9. The molecular formula is C15H17NO5. The number of benzene rings is 1. The Morgan fingerprint density at radius 1 is 1.24 bits per heavy atom. The van der Waals surface area contributed by atoms with E-state index < -0.39 is 17.9 Å². The molecule has 112 valence electrons. The van der Waals surface area contributed by atoms with Crippen LogP contribution in [0.25, 0.3) is 0 Å². The van der Waals surface area contributed by atoms with Crippen molar-refractivity contribution in [2.75, 3.05) is 25.7 Å². The van der Waals surface area contributed by atoms with Gasteiger partial charge < -0.3 is 14.4 Å². The zero-order chi connectivity index (χ0) is 15.6. The Morgan fingerprint density at radius 3 is 2.57 bits per heavy atom. The van der Waals surface area contributed by atoms with Crippen molar-refractivity contribution in [3.63, 3.8) is 0 Å². The number of carbonyl (C=O) groups is 3. The lowest BCUT2D eigenvalue weighted by atomic mass is 10.1. The predicted octanol–water partition coefficient (Wildman–Crippen LogP) is 1.31. The number of esters is 2. The third kappa shape index (κ3) is 2.74. The van der Waals surface area contributed by atoms with E-state index in [1.807, 2.05) is 0 Å². The van der Waals surface area contributed by atoms with Crippen molar-refractivity contribution in [3.8, 4) is 0 Å². The van der Waals surface area contributed by atoms with Crippen LogP contribution in [0.2, 0.25) is 0 Å². The molecule has 1 heterocycles. The number of nitrogens with zero attached hydrogens (tertiary/aromatic N) is 1. The van der Waals surface area contributed by atoms with E-state index in [1.54, 1.807) is 25.1 Å². The van der Waals surface area contributed by atoms with Crippen LogP contribution in [0, 0.1) is 12.8 Å². The van der Waals surface area contributed by atoms with Crippen LogP contribution < -0.4 is 4.90 Å². The second kappa shape index (κ2) is 5.95. The van der Waals surface area contributed by atoms with Crippen LogP contribution in [0.1, 0.15) is 22.3 Å². The maximum atomic E-state index is 12.1. The van der Waals surface area contributed by atoms with Gasteiger partial charge in [-0.15, -0.1) is 0 Å². The van der Waals surface area contributed by atoms with Gasteiger partial charge in [-0.25, -0.2) is 4.79 Å². The van der Waals surface area contributed by atoms with Gasteiger partial charge >= 0.3 is 11.9 Å². The Bertz CT molecular complexity index is 596. The van der Waals surface area contributed by atoms with E-state index in [0.29, 0.717) is 16.8 Å². The SMILES string of the molecule is COC(=O)c1cccc(N2C[C@H](C(=O)OC)CC2=O)c1C. The molecule has 21 heavy (non-hydrogen) atoms. The van der Waals surface area contributed by atoms with Gasteiger partial charge in [0.15, 0.2) is 0 Å². The van der Waals surface area contributed by atoms with Crippen LogP contribution in [-0.4, -0.2) is 38.6 Å². The Balaban J connectivity index is 2.33. The zero-order valence-corrected chi connectivity index (χ0v) is 12.2. The zero-order valence-electron chi connectivity index (χ0n) is 12.2. The molecule has 1 aromatic carbocycles. The van der Waals surface area contributed by atoms with Crippen molar-refractivity contribution < 1.29 is 23.9 Å². The molecule has 1 aromatic rings. The summed E-state index contributed by atoms with van der Waals surface area (Å²) in [6.45, 7) is 2.01. The first-order valence-corrected chi connectivity index (χ1v) is 6.55. The molecule has 0 unspecified atom stereocenters. The minimum Gasteiger partial charge on any atom is -0.469 e. The third-order valence-corrected chi connectivity index (χ3v) is 3.66. The second-order valence-electron chi connectivity index (χ2n) is 4.87. The molecule has 0 aliphatic carbocycles. The van der Waals surface area contributed by atoms with E-state index >= 15 is 0 Å². The number of hydrogen-bond acceptors (Lipinski definition) is 5. The van der Waals surface area contributed by atoms with Gasteiger partial charge in [-0.05, 0) is 24.6 Å². The first-order valence-electron chi connectivity index (χ1n) is 6.55. The minimum absolute atomic E-state index is 0.120. The molecule has 0 N–H and O–H groups in total. The van der Waals surface area contributed by atoms with Gasteiger partial charge in [-0.2, -0.15) is 0 Å². The second-order valence-corrected chi connectivity index (χ2v) is 4.87. The first-order chi connectivity index (χ1) is 9.99. The van der Waals surface area contributed by atoms with Crippen molar-refractivity contribution in [2.45, 2.75) is 13.3 Å². The molecule has 6 nitrogen and oxygen atoms in total. The monoisotopic (exact) mass is 291 g/mol. The van der Waals surface area contributed by atoms with Gasteiger partial charge in [0.1, 0.15) is 0 Å². The molecule has 1 atom stereocenters. The summed E-state index contributed by atoms with van der Waals surface area (Å²) in [5.41, 5.74) is 1.68.